The van der Waals surface area contributed by atoms with Crippen LogP contribution in [-0.2, 0) is 21.2 Å². The molecule has 2 aromatic rings. The minimum Gasteiger partial charge on any atom is -0.396 e. The Morgan fingerprint density at radius 1 is 1.36 bits per heavy atom. The van der Waals surface area contributed by atoms with E-state index in [1.165, 1.54) is 19.2 Å². The average Bonchev–Trinajstić information content (AvgIpc) is 3.14. The second-order valence-corrected chi connectivity index (χ2v) is 11.2. The number of anilines is 2. The van der Waals surface area contributed by atoms with Crippen molar-refractivity contribution in [3.05, 3.63) is 29.8 Å². The Morgan fingerprint density at radius 2 is 2.03 bits per heavy atom. The molecule has 0 unspecified atom stereocenters. The monoisotopic (exact) mass is 485 g/mol. The van der Waals surface area contributed by atoms with E-state index in [4.69, 9.17) is 0 Å². The van der Waals surface area contributed by atoms with Crippen molar-refractivity contribution < 1.29 is 27.1 Å². The van der Waals surface area contributed by atoms with Crippen molar-refractivity contribution in [2.24, 2.45) is 17.3 Å². The predicted octanol–water partition coefficient (Wildman–Crippen LogP) is 2.96. The van der Waals surface area contributed by atoms with Gasteiger partial charge in [-0.05, 0) is 24.8 Å². The predicted molar refractivity (Wildman–Crippen MR) is 119 cm³/mol. The topological polar surface area (TPSA) is 117 Å². The van der Waals surface area contributed by atoms with Gasteiger partial charge in [-0.2, -0.15) is 13.9 Å². The Hall–Kier alpha value is -2.60. The Bertz CT molecular complexity index is 1140. The number of rotatable bonds is 6. The van der Waals surface area contributed by atoms with Crippen LogP contribution in [0, 0.1) is 24.2 Å². The lowest BCUT2D eigenvalue weighted by Crippen LogP contribution is -2.41. The van der Waals surface area contributed by atoms with Crippen LogP contribution in [0.2, 0.25) is 0 Å². The first-order valence-corrected chi connectivity index (χ1v) is 12.0. The largest absolute Gasteiger partial charge is 0.396 e. The smallest absolute Gasteiger partial charge is 0.333 e. The lowest BCUT2D eigenvalue weighted by Gasteiger charge is -2.34. The van der Waals surface area contributed by atoms with Crippen LogP contribution in [0.25, 0.3) is 0 Å². The highest BCUT2D eigenvalue weighted by Crippen LogP contribution is 2.36. The number of pyridine rings is 1. The second kappa shape index (κ2) is 8.98. The third-order valence-corrected chi connectivity index (χ3v) is 7.86. The molecule has 0 fully saturated rings. The maximum Gasteiger partial charge on any atom is 0.333 e. The molecule has 0 bridgehead atoms. The van der Waals surface area contributed by atoms with Gasteiger partial charge in [0.05, 0.1) is 35.2 Å². The lowest BCUT2D eigenvalue weighted by molar-refractivity contribution is -0.122. The number of amides is 1. The summed E-state index contributed by atoms with van der Waals surface area (Å²) in [5.41, 5.74) is 0.615. The number of aliphatic hydroxyl groups is 1. The number of carbonyl (C=O) groups is 1. The molecule has 1 amide bonds. The van der Waals surface area contributed by atoms with Gasteiger partial charge in [0, 0.05) is 25.0 Å². The molecular weight excluding hydrogens is 456 g/mol. The zero-order chi connectivity index (χ0) is 24.7. The molecule has 2 aromatic heterocycles. The van der Waals surface area contributed by atoms with Crippen LogP contribution >= 0.6 is 0 Å². The van der Waals surface area contributed by atoms with Gasteiger partial charge in [-0.25, -0.2) is 13.1 Å². The number of aromatic nitrogens is 3. The number of hydrogen-bond donors (Lipinski definition) is 2. The molecule has 0 aliphatic carbocycles. The number of nitrogens with zero attached hydrogens (tertiary/aromatic N) is 4. The molecule has 3 heterocycles. The third kappa shape index (κ3) is 5.01. The van der Waals surface area contributed by atoms with E-state index >= 15 is 0 Å². The molecule has 0 saturated heterocycles. The van der Waals surface area contributed by atoms with Crippen LogP contribution in [0.15, 0.2) is 23.4 Å². The van der Waals surface area contributed by atoms with E-state index in [2.05, 4.69) is 15.4 Å². The van der Waals surface area contributed by atoms with Crippen molar-refractivity contribution >= 4 is 27.3 Å². The lowest BCUT2D eigenvalue weighted by atomic mass is 9.81. The first-order chi connectivity index (χ1) is 15.3. The normalized spacial score (nSPS) is 17.7. The van der Waals surface area contributed by atoms with Crippen molar-refractivity contribution in [2.45, 2.75) is 52.5 Å². The number of sulfonamides is 1. The highest BCUT2D eigenvalue weighted by molar-refractivity contribution is 7.92. The zero-order valence-corrected chi connectivity index (χ0v) is 20.0. The Kier molecular flexibility index (Phi) is 6.81. The fourth-order valence-corrected chi connectivity index (χ4v) is 5.24. The number of hydrogen-bond acceptors (Lipinski definition) is 6. The molecule has 33 heavy (non-hydrogen) atoms. The van der Waals surface area contributed by atoms with Crippen LogP contribution in [0.1, 0.15) is 45.6 Å². The summed E-state index contributed by atoms with van der Waals surface area (Å²) < 4.78 is 54.4. The van der Waals surface area contributed by atoms with Crippen molar-refractivity contribution in [1.29, 1.82) is 0 Å². The zero-order valence-electron chi connectivity index (χ0n) is 19.2. The van der Waals surface area contributed by atoms with Gasteiger partial charge >= 0.3 is 6.55 Å². The van der Waals surface area contributed by atoms with Crippen molar-refractivity contribution in [3.8, 4) is 0 Å². The van der Waals surface area contributed by atoms with Gasteiger partial charge in [0.25, 0.3) is 10.0 Å². The maximum atomic E-state index is 13.5. The van der Waals surface area contributed by atoms with Crippen LogP contribution in [0.4, 0.5) is 20.2 Å². The van der Waals surface area contributed by atoms with Crippen molar-refractivity contribution in [2.75, 3.05) is 22.8 Å². The number of carbonyl (C=O) groups excluding carboxylic acids is 1. The van der Waals surface area contributed by atoms with E-state index in [0.717, 1.165) is 10.5 Å². The molecule has 9 nitrogen and oxygen atoms in total. The van der Waals surface area contributed by atoms with Crippen LogP contribution < -0.4 is 9.62 Å². The third-order valence-electron chi connectivity index (χ3n) is 5.98. The first-order valence-electron chi connectivity index (χ1n) is 10.5. The summed E-state index contributed by atoms with van der Waals surface area (Å²) in [6.07, 6.45) is 2.57. The van der Waals surface area contributed by atoms with E-state index in [9.17, 15) is 27.1 Å². The van der Waals surface area contributed by atoms with Gasteiger partial charge < -0.3 is 10.4 Å². The number of aryl methyl sites for hydroxylation is 1. The Labute approximate surface area is 191 Å². The molecule has 2 atom stereocenters. The Morgan fingerprint density at radius 3 is 2.58 bits per heavy atom. The molecule has 1 aliphatic heterocycles. The van der Waals surface area contributed by atoms with E-state index in [0.29, 0.717) is 22.5 Å². The molecule has 1 aliphatic rings. The van der Waals surface area contributed by atoms with Gasteiger partial charge in [-0.15, -0.1) is 0 Å². The molecule has 0 radical (unpaired) electrons. The molecule has 0 aromatic carbocycles. The van der Waals surface area contributed by atoms with Crippen molar-refractivity contribution in [1.82, 2.24) is 14.8 Å². The van der Waals surface area contributed by atoms with Gasteiger partial charge in [0.2, 0.25) is 5.91 Å². The van der Waals surface area contributed by atoms with E-state index in [1.807, 2.05) is 20.8 Å². The van der Waals surface area contributed by atoms with Gasteiger partial charge in [0.1, 0.15) is 4.90 Å². The highest BCUT2D eigenvalue weighted by atomic mass is 32.2. The number of halogens is 2. The number of alkyl halides is 2. The standard InChI is InChI=1S/C21H29F2N5O4S/c1-12(21(3,4)5)19(30)25-15-7-17-16(24-8-15)6-14(11-29)9-28(17)33(31,32)18-10-27(20(22)23)26-13(18)2/h7-8,10,12,14,20,29H,6,9,11H2,1-5H3,(H,25,30)/t12-,14-/m1/s1. The van der Waals surface area contributed by atoms with Crippen LogP contribution in [0.3, 0.4) is 0 Å². The average molecular weight is 486 g/mol. The van der Waals surface area contributed by atoms with E-state index < -0.39 is 22.5 Å². The van der Waals surface area contributed by atoms with Crippen LogP contribution in [-0.4, -0.2) is 47.3 Å². The number of nitrogens with one attached hydrogen (secondary N) is 1. The van der Waals surface area contributed by atoms with Gasteiger partial charge in [-0.3, -0.25) is 14.1 Å². The fourth-order valence-electron chi connectivity index (χ4n) is 3.52. The molecule has 0 spiro atoms. The fraction of sp³-hybridized carbons (Fsp3) is 0.571. The first kappa shape index (κ1) is 25.0. The van der Waals surface area contributed by atoms with Crippen molar-refractivity contribution in [3.63, 3.8) is 0 Å². The summed E-state index contributed by atoms with van der Waals surface area (Å²) in [6, 6.07) is 1.51. The number of aliphatic hydroxyl groups excluding tert-OH is 1. The second-order valence-electron chi connectivity index (χ2n) is 9.39. The van der Waals surface area contributed by atoms with E-state index in [1.54, 1.807) is 6.92 Å². The highest BCUT2D eigenvalue weighted by Gasteiger charge is 2.36. The molecule has 12 heteroatoms. The van der Waals surface area contributed by atoms with E-state index in [-0.39, 0.29) is 46.7 Å². The number of fused-ring (bicyclic) bond motifs is 1. The quantitative estimate of drug-likeness (QED) is 0.650. The summed E-state index contributed by atoms with van der Waals surface area (Å²) in [5.74, 6) is -0.988. The molecule has 2 N–H and O–H groups in total. The SMILES string of the molecule is Cc1nn(C(F)F)cc1S(=O)(=O)N1C[C@H](CO)Cc2ncc(NC(=O)[C@@H](C)C(C)(C)C)cc21. The van der Waals surface area contributed by atoms with Gasteiger partial charge in [0.15, 0.2) is 0 Å². The minimum atomic E-state index is -4.29. The maximum absolute atomic E-state index is 13.5. The molecular formula is C21H29F2N5O4S. The minimum absolute atomic E-state index is 0.0669. The summed E-state index contributed by atoms with van der Waals surface area (Å²) in [4.78, 5) is 16.6. The Balaban J connectivity index is 2.03. The summed E-state index contributed by atoms with van der Waals surface area (Å²) in [5, 5.41) is 16.1. The van der Waals surface area contributed by atoms with Crippen LogP contribution in [0.5, 0.6) is 0 Å². The summed E-state index contributed by atoms with van der Waals surface area (Å²) in [7, 11) is -4.29. The summed E-state index contributed by atoms with van der Waals surface area (Å²) in [6.45, 7) is 5.62. The molecule has 182 valence electrons. The summed E-state index contributed by atoms with van der Waals surface area (Å²) >= 11 is 0. The molecule has 0 saturated carbocycles. The molecule has 3 rings (SSSR count). The van der Waals surface area contributed by atoms with Gasteiger partial charge in [-0.1, -0.05) is 27.7 Å².